The molecule has 122 valence electrons. The van der Waals surface area contributed by atoms with Crippen LogP contribution in [-0.4, -0.2) is 55.4 Å². The number of β-amino-alcohol motifs (C(OH)–C–C–N with tert-alkyl or cyclic N) is 1. The number of amides is 1. The van der Waals surface area contributed by atoms with Crippen molar-refractivity contribution in [3.05, 3.63) is 29.8 Å². The highest BCUT2D eigenvalue weighted by Gasteiger charge is 2.31. The number of carbonyl (C=O) groups excluding carboxylic acids is 1. The van der Waals surface area contributed by atoms with Gasteiger partial charge < -0.3 is 20.3 Å². The van der Waals surface area contributed by atoms with E-state index < -0.39 is 6.10 Å². The lowest BCUT2D eigenvalue weighted by Crippen LogP contribution is -2.26. The Morgan fingerprint density at radius 1 is 1.36 bits per heavy atom. The molecule has 1 saturated heterocycles. The molecule has 0 spiro atoms. The summed E-state index contributed by atoms with van der Waals surface area (Å²) in [7, 11) is 1.64. The maximum atomic E-state index is 10.9. The van der Waals surface area contributed by atoms with E-state index in [0.29, 0.717) is 26.3 Å². The van der Waals surface area contributed by atoms with Crippen LogP contribution < -0.4 is 10.5 Å². The first-order valence-corrected chi connectivity index (χ1v) is 7.48. The van der Waals surface area contributed by atoms with Crippen LogP contribution in [0.1, 0.15) is 12.0 Å². The third kappa shape index (κ3) is 4.98. The smallest absolute Gasteiger partial charge is 0.217 e. The Bertz CT molecular complexity index is 478. The lowest BCUT2D eigenvalue weighted by atomic mass is 10.0. The van der Waals surface area contributed by atoms with Gasteiger partial charge in [-0.15, -0.1) is 0 Å². The number of ether oxygens (including phenoxy) is 2. The molecule has 0 saturated carbocycles. The number of likely N-dealkylation sites (tertiary alicyclic amines) is 1. The molecule has 0 unspecified atom stereocenters. The fourth-order valence-corrected chi connectivity index (χ4v) is 2.69. The second-order valence-corrected chi connectivity index (χ2v) is 5.66. The van der Waals surface area contributed by atoms with Crippen molar-refractivity contribution in [1.82, 2.24) is 4.90 Å². The highest BCUT2D eigenvalue weighted by atomic mass is 16.5. The predicted molar refractivity (Wildman–Crippen MR) is 82.4 cm³/mol. The maximum absolute atomic E-state index is 10.9. The average Bonchev–Trinajstić information content (AvgIpc) is 2.84. The minimum absolute atomic E-state index is 0.0564. The van der Waals surface area contributed by atoms with Gasteiger partial charge in [0.1, 0.15) is 5.75 Å². The fraction of sp³-hybridized carbons (Fsp3) is 0.562. The highest BCUT2D eigenvalue weighted by Crippen LogP contribution is 2.19. The van der Waals surface area contributed by atoms with E-state index in [9.17, 15) is 9.90 Å². The van der Waals surface area contributed by atoms with Crippen molar-refractivity contribution in [1.29, 1.82) is 0 Å². The minimum Gasteiger partial charge on any atom is -0.497 e. The van der Waals surface area contributed by atoms with Crippen LogP contribution in [-0.2, 0) is 16.1 Å². The molecule has 0 aromatic heterocycles. The molecule has 22 heavy (non-hydrogen) atoms. The third-order valence-electron chi connectivity index (χ3n) is 3.93. The Kier molecular flexibility index (Phi) is 6.18. The van der Waals surface area contributed by atoms with Gasteiger partial charge in [0, 0.05) is 32.0 Å². The van der Waals surface area contributed by atoms with Crippen molar-refractivity contribution in [3.63, 3.8) is 0 Å². The Labute approximate surface area is 130 Å². The highest BCUT2D eigenvalue weighted by molar-refractivity contribution is 5.74. The number of methoxy groups -OCH3 is 1. The van der Waals surface area contributed by atoms with Crippen molar-refractivity contribution in [2.24, 2.45) is 11.7 Å². The molecule has 1 aliphatic rings. The van der Waals surface area contributed by atoms with Gasteiger partial charge in [-0.2, -0.15) is 0 Å². The van der Waals surface area contributed by atoms with Crippen LogP contribution >= 0.6 is 0 Å². The normalized spacial score (nSPS) is 21.9. The second-order valence-electron chi connectivity index (χ2n) is 5.66. The van der Waals surface area contributed by atoms with Crippen LogP contribution in [0.2, 0.25) is 0 Å². The molecule has 0 bridgehead atoms. The molecule has 0 radical (unpaired) electrons. The van der Waals surface area contributed by atoms with Gasteiger partial charge in [-0.25, -0.2) is 0 Å². The van der Waals surface area contributed by atoms with E-state index in [-0.39, 0.29) is 18.2 Å². The molecule has 2 rings (SSSR count). The predicted octanol–water partition coefficient (Wildman–Crippen LogP) is 0.380. The molecule has 3 N–H and O–H groups in total. The monoisotopic (exact) mass is 308 g/mol. The Morgan fingerprint density at radius 3 is 2.73 bits per heavy atom. The number of rotatable bonds is 8. The van der Waals surface area contributed by atoms with Gasteiger partial charge in [-0.3, -0.25) is 9.69 Å². The van der Waals surface area contributed by atoms with Gasteiger partial charge in [0.15, 0.2) is 0 Å². The van der Waals surface area contributed by atoms with Crippen LogP contribution in [0.25, 0.3) is 0 Å². The van der Waals surface area contributed by atoms with E-state index in [1.54, 1.807) is 7.11 Å². The van der Waals surface area contributed by atoms with Crippen LogP contribution in [0.15, 0.2) is 24.3 Å². The Balaban J connectivity index is 1.65. The molecule has 1 aliphatic heterocycles. The van der Waals surface area contributed by atoms with Gasteiger partial charge in [-0.1, -0.05) is 12.1 Å². The van der Waals surface area contributed by atoms with Crippen molar-refractivity contribution >= 4 is 5.91 Å². The summed E-state index contributed by atoms with van der Waals surface area (Å²) in [4.78, 5) is 13.0. The van der Waals surface area contributed by atoms with Crippen molar-refractivity contribution < 1.29 is 19.4 Å². The minimum atomic E-state index is -0.478. The average molecular weight is 308 g/mol. The summed E-state index contributed by atoms with van der Waals surface area (Å²) in [6, 6.07) is 7.76. The molecular formula is C16H24N2O4. The molecule has 2 atom stereocenters. The Hall–Kier alpha value is -1.63. The quantitative estimate of drug-likeness (QED) is 0.678. The SMILES string of the molecule is COc1ccc(COCCN2C[C@@H](CC(N)=O)[C@H](O)C2)cc1. The molecule has 1 heterocycles. The Morgan fingerprint density at radius 2 is 2.09 bits per heavy atom. The fourth-order valence-electron chi connectivity index (χ4n) is 2.69. The summed E-state index contributed by atoms with van der Waals surface area (Å²) in [6.45, 7) is 3.13. The van der Waals surface area contributed by atoms with Crippen molar-refractivity contribution in [2.45, 2.75) is 19.1 Å². The zero-order valence-corrected chi connectivity index (χ0v) is 12.9. The lowest BCUT2D eigenvalue weighted by Gasteiger charge is -2.15. The number of nitrogens with two attached hydrogens (primary N) is 1. The summed E-state index contributed by atoms with van der Waals surface area (Å²) in [5.74, 6) is 0.413. The van der Waals surface area contributed by atoms with E-state index in [1.165, 1.54) is 0 Å². The third-order valence-corrected chi connectivity index (χ3v) is 3.93. The molecule has 1 aromatic rings. The van der Waals surface area contributed by atoms with Gasteiger partial charge >= 0.3 is 0 Å². The standard InChI is InChI=1S/C16H24N2O4/c1-21-14-4-2-12(3-5-14)11-22-7-6-18-9-13(8-16(17)20)15(19)10-18/h2-5,13,15,19H,6-11H2,1H3,(H2,17,20)/t13-,15-/m1/s1. The van der Waals surface area contributed by atoms with E-state index in [2.05, 4.69) is 4.90 Å². The van der Waals surface area contributed by atoms with Crippen LogP contribution in [0.4, 0.5) is 0 Å². The van der Waals surface area contributed by atoms with E-state index in [4.69, 9.17) is 15.2 Å². The number of hydrogen-bond donors (Lipinski definition) is 2. The molecule has 1 amide bonds. The first kappa shape index (κ1) is 16.7. The number of aliphatic hydroxyl groups excluding tert-OH is 1. The van der Waals surface area contributed by atoms with Gasteiger partial charge in [0.2, 0.25) is 5.91 Å². The molecule has 6 nitrogen and oxygen atoms in total. The lowest BCUT2D eigenvalue weighted by molar-refractivity contribution is -0.119. The zero-order chi connectivity index (χ0) is 15.9. The second kappa shape index (κ2) is 8.12. The van der Waals surface area contributed by atoms with Gasteiger partial charge in [0.25, 0.3) is 0 Å². The summed E-state index contributed by atoms with van der Waals surface area (Å²) in [5, 5.41) is 9.89. The number of carbonyl (C=O) groups is 1. The molecule has 1 fully saturated rings. The topological polar surface area (TPSA) is 85.0 Å². The first-order valence-electron chi connectivity index (χ1n) is 7.48. The van der Waals surface area contributed by atoms with Crippen LogP contribution in [0.5, 0.6) is 5.75 Å². The number of hydrogen-bond acceptors (Lipinski definition) is 5. The summed E-state index contributed by atoms with van der Waals surface area (Å²) >= 11 is 0. The number of nitrogens with zero attached hydrogens (tertiary/aromatic N) is 1. The summed E-state index contributed by atoms with van der Waals surface area (Å²) < 4.78 is 10.8. The van der Waals surface area contributed by atoms with E-state index >= 15 is 0 Å². The number of benzene rings is 1. The summed E-state index contributed by atoms with van der Waals surface area (Å²) in [5.41, 5.74) is 6.28. The summed E-state index contributed by atoms with van der Waals surface area (Å²) in [6.07, 6.45) is -0.237. The molecule has 1 aromatic carbocycles. The van der Waals surface area contributed by atoms with Crippen LogP contribution in [0.3, 0.4) is 0 Å². The van der Waals surface area contributed by atoms with Crippen molar-refractivity contribution in [3.8, 4) is 5.75 Å². The first-order chi connectivity index (χ1) is 10.6. The largest absolute Gasteiger partial charge is 0.497 e. The number of primary amides is 1. The van der Waals surface area contributed by atoms with E-state index in [0.717, 1.165) is 17.9 Å². The van der Waals surface area contributed by atoms with Gasteiger partial charge in [-0.05, 0) is 17.7 Å². The zero-order valence-electron chi connectivity index (χ0n) is 12.9. The van der Waals surface area contributed by atoms with E-state index in [1.807, 2.05) is 24.3 Å². The van der Waals surface area contributed by atoms with Crippen molar-refractivity contribution in [2.75, 3.05) is 33.4 Å². The van der Waals surface area contributed by atoms with Gasteiger partial charge in [0.05, 0.1) is 26.4 Å². The maximum Gasteiger partial charge on any atom is 0.217 e. The number of aliphatic hydroxyl groups is 1. The molecular weight excluding hydrogens is 284 g/mol. The van der Waals surface area contributed by atoms with Crippen LogP contribution in [0, 0.1) is 5.92 Å². The molecule has 0 aliphatic carbocycles. The molecule has 6 heteroatoms.